The Morgan fingerprint density at radius 1 is 0.944 bits per heavy atom. The second kappa shape index (κ2) is 14.7. The van der Waals surface area contributed by atoms with Gasteiger partial charge in [-0.25, -0.2) is 18.5 Å². The summed E-state index contributed by atoms with van der Waals surface area (Å²) >= 11 is 0. The van der Waals surface area contributed by atoms with Crippen molar-refractivity contribution in [1.29, 1.82) is 10.5 Å². The highest BCUT2D eigenvalue weighted by atomic mass is 32.2. The van der Waals surface area contributed by atoms with Gasteiger partial charge in [-0.15, -0.1) is 0 Å². The van der Waals surface area contributed by atoms with Gasteiger partial charge in [0.1, 0.15) is 12.1 Å². The summed E-state index contributed by atoms with van der Waals surface area (Å²) in [5.74, 6) is -0.988. The van der Waals surface area contributed by atoms with Gasteiger partial charge in [0.05, 0.1) is 52.2 Å². The first-order valence-corrected chi connectivity index (χ1v) is 12.4. The van der Waals surface area contributed by atoms with E-state index in [1.807, 2.05) is 32.9 Å². The Morgan fingerprint density at radius 2 is 1.42 bits per heavy atom. The Balaban J connectivity index is 0.000000381. The number of ether oxygens (including phenoxy) is 2. The van der Waals surface area contributed by atoms with Crippen molar-refractivity contribution in [3.63, 3.8) is 0 Å². The van der Waals surface area contributed by atoms with Crippen LogP contribution in [0.25, 0.3) is 0 Å². The van der Waals surface area contributed by atoms with Crippen molar-refractivity contribution in [2.24, 2.45) is 5.73 Å². The lowest BCUT2D eigenvalue weighted by Crippen LogP contribution is -2.39. The van der Waals surface area contributed by atoms with Crippen LogP contribution in [0.4, 0.5) is 0 Å². The average molecular weight is 513 g/mol. The van der Waals surface area contributed by atoms with Gasteiger partial charge in [-0.3, -0.25) is 0 Å². The van der Waals surface area contributed by atoms with E-state index < -0.39 is 39.8 Å². The van der Waals surface area contributed by atoms with E-state index in [2.05, 4.69) is 4.72 Å². The first-order chi connectivity index (χ1) is 17.0. The molecule has 0 radical (unpaired) electrons. The monoisotopic (exact) mass is 512 g/mol. The summed E-state index contributed by atoms with van der Waals surface area (Å²) in [7, 11) is -1.43. The van der Waals surface area contributed by atoms with E-state index in [9.17, 15) is 13.8 Å². The molecule has 192 valence electrons. The molecule has 0 saturated heterocycles. The molecule has 0 bridgehead atoms. The van der Waals surface area contributed by atoms with Crippen LogP contribution >= 0.6 is 0 Å². The lowest BCUT2D eigenvalue weighted by molar-refractivity contribution is -0.146. The summed E-state index contributed by atoms with van der Waals surface area (Å²) in [6.07, 6.45) is 0. The van der Waals surface area contributed by atoms with Gasteiger partial charge in [-0.05, 0) is 70.0 Å². The lowest BCUT2D eigenvalue weighted by atomic mass is 10.1. The summed E-state index contributed by atoms with van der Waals surface area (Å²) in [6, 6.07) is 15.6. The molecular formula is C26H32N4O5S. The van der Waals surface area contributed by atoms with Crippen LogP contribution in [0.5, 0.6) is 0 Å². The molecule has 0 aliphatic rings. The number of esters is 2. The van der Waals surface area contributed by atoms with E-state index in [0.717, 1.165) is 0 Å². The molecule has 0 heterocycles. The third-order valence-corrected chi connectivity index (χ3v) is 6.13. The van der Waals surface area contributed by atoms with Crippen molar-refractivity contribution < 1.29 is 23.3 Å². The number of hydrogen-bond acceptors (Lipinski definition) is 8. The van der Waals surface area contributed by atoms with Gasteiger partial charge in [0.2, 0.25) is 0 Å². The molecule has 0 aromatic heterocycles. The largest absolute Gasteiger partial charge is 0.465 e. The average Bonchev–Trinajstić information content (AvgIpc) is 2.86. The predicted octanol–water partition coefficient (Wildman–Crippen LogP) is 3.34. The number of nitriles is 2. The summed E-state index contributed by atoms with van der Waals surface area (Å²) in [4.78, 5) is 23.4. The third kappa shape index (κ3) is 9.59. The maximum Gasteiger partial charge on any atom is 0.328 e. The van der Waals surface area contributed by atoms with Crippen molar-refractivity contribution in [1.82, 2.24) is 4.72 Å². The molecule has 3 atom stereocenters. The summed E-state index contributed by atoms with van der Waals surface area (Å²) in [5, 5.41) is 17.6. The first kappa shape index (κ1) is 30.5. The maximum absolute atomic E-state index is 12.2. The molecule has 2 aromatic carbocycles. The van der Waals surface area contributed by atoms with Crippen LogP contribution in [0.15, 0.2) is 48.5 Å². The molecule has 0 aliphatic carbocycles. The molecule has 0 saturated carbocycles. The number of nitrogens with two attached hydrogens (primary N) is 1. The fraction of sp³-hybridized carbons (Fsp3) is 0.385. The Morgan fingerprint density at radius 3 is 1.89 bits per heavy atom. The minimum absolute atomic E-state index is 0.233. The van der Waals surface area contributed by atoms with Gasteiger partial charge in [0, 0.05) is 0 Å². The van der Waals surface area contributed by atoms with E-state index in [4.69, 9.17) is 25.7 Å². The Labute approximate surface area is 214 Å². The van der Waals surface area contributed by atoms with Gasteiger partial charge < -0.3 is 15.2 Å². The van der Waals surface area contributed by atoms with Crippen molar-refractivity contribution in [3.8, 4) is 12.1 Å². The predicted molar refractivity (Wildman–Crippen MR) is 136 cm³/mol. The molecule has 2 aromatic rings. The van der Waals surface area contributed by atoms with Gasteiger partial charge >= 0.3 is 11.9 Å². The highest BCUT2D eigenvalue weighted by molar-refractivity contribution is 7.84. The Bertz CT molecular complexity index is 1150. The number of nitrogens with one attached hydrogen (secondary N) is 1. The lowest BCUT2D eigenvalue weighted by Gasteiger charge is -2.23. The Kier molecular flexibility index (Phi) is 12.5. The molecule has 0 spiro atoms. The van der Waals surface area contributed by atoms with Gasteiger partial charge in [0.25, 0.3) is 0 Å². The van der Waals surface area contributed by atoms with Crippen molar-refractivity contribution in [2.45, 2.75) is 51.4 Å². The van der Waals surface area contributed by atoms with Crippen LogP contribution in [-0.4, -0.2) is 34.1 Å². The molecule has 2 rings (SSSR count). The molecule has 9 nitrogen and oxygen atoms in total. The second-order valence-electron chi connectivity index (χ2n) is 8.39. The van der Waals surface area contributed by atoms with Crippen LogP contribution in [0.1, 0.15) is 69.0 Å². The zero-order chi connectivity index (χ0) is 27.3. The van der Waals surface area contributed by atoms with Crippen LogP contribution in [0.2, 0.25) is 0 Å². The molecule has 0 fully saturated rings. The fourth-order valence-corrected chi connectivity index (χ4v) is 3.52. The highest BCUT2D eigenvalue weighted by Gasteiger charge is 2.29. The molecule has 36 heavy (non-hydrogen) atoms. The fourth-order valence-electron chi connectivity index (χ4n) is 2.72. The van der Waals surface area contributed by atoms with E-state index in [0.29, 0.717) is 28.9 Å². The number of benzene rings is 2. The second-order valence-corrected chi connectivity index (χ2v) is 10.4. The number of carbonyl (C=O) groups is 2. The van der Waals surface area contributed by atoms with Gasteiger partial charge in [-0.1, -0.05) is 24.3 Å². The minimum atomic E-state index is -1.43. The van der Waals surface area contributed by atoms with E-state index >= 15 is 0 Å². The summed E-state index contributed by atoms with van der Waals surface area (Å²) < 4.78 is 24.3. The normalized spacial score (nSPS) is 13.0. The Hall–Kier alpha value is -3.57. The van der Waals surface area contributed by atoms with Gasteiger partial charge in [-0.2, -0.15) is 10.5 Å². The molecule has 0 amide bonds. The molecule has 3 N–H and O–H groups in total. The third-order valence-electron chi connectivity index (χ3n) is 4.57. The topological polar surface area (TPSA) is 155 Å². The van der Waals surface area contributed by atoms with E-state index in [1.54, 1.807) is 62.4 Å². The van der Waals surface area contributed by atoms with Crippen LogP contribution < -0.4 is 10.5 Å². The SMILES string of the molecule is CCOC(=O)[C@@H](N)c1cccc(C#N)c1.CCOC(=O)[C@@H](NS(=O)C(C)(C)C)c1cccc(C#N)c1. The van der Waals surface area contributed by atoms with Gasteiger partial charge in [0.15, 0.2) is 0 Å². The van der Waals surface area contributed by atoms with E-state index in [1.165, 1.54) is 0 Å². The minimum Gasteiger partial charge on any atom is -0.465 e. The summed E-state index contributed by atoms with van der Waals surface area (Å²) in [5.41, 5.74) is 7.73. The number of carbonyl (C=O) groups excluding carboxylic acids is 2. The van der Waals surface area contributed by atoms with Crippen molar-refractivity contribution in [2.75, 3.05) is 13.2 Å². The van der Waals surface area contributed by atoms with Crippen molar-refractivity contribution in [3.05, 3.63) is 70.8 Å². The first-order valence-electron chi connectivity index (χ1n) is 11.2. The van der Waals surface area contributed by atoms with Crippen molar-refractivity contribution >= 4 is 22.9 Å². The number of nitrogens with zero attached hydrogens (tertiary/aromatic N) is 2. The maximum atomic E-state index is 12.2. The standard InChI is InChI=1S/C15H20N2O3S.C11H12N2O2/c1-5-20-14(18)13(17-21(19)15(2,3)4)12-8-6-7-11(9-12)10-16;1-2-15-11(14)10(13)9-5-3-4-8(6-9)7-12/h6-9,13,17H,5H2,1-4H3;3-6,10H,2,13H2,1H3/t13-,21?;10-/m00/s1. The molecule has 1 unspecified atom stereocenters. The van der Waals surface area contributed by atoms with Crippen LogP contribution in [0, 0.1) is 22.7 Å². The summed E-state index contributed by atoms with van der Waals surface area (Å²) in [6.45, 7) is 9.39. The smallest absolute Gasteiger partial charge is 0.328 e. The van der Waals surface area contributed by atoms with Crippen LogP contribution in [-0.2, 0) is 30.0 Å². The molecule has 0 aliphatic heterocycles. The molecular weight excluding hydrogens is 480 g/mol. The van der Waals surface area contributed by atoms with E-state index in [-0.39, 0.29) is 6.61 Å². The number of hydrogen-bond donors (Lipinski definition) is 2. The molecule has 10 heteroatoms. The van der Waals surface area contributed by atoms with Crippen LogP contribution in [0.3, 0.4) is 0 Å². The zero-order valence-corrected chi connectivity index (χ0v) is 21.9. The quantitative estimate of drug-likeness (QED) is 0.510. The number of rotatable bonds is 8. The zero-order valence-electron chi connectivity index (χ0n) is 21.1. The highest BCUT2D eigenvalue weighted by Crippen LogP contribution is 2.20.